The number of anilines is 2. The van der Waals surface area contributed by atoms with Crippen LogP contribution in [0.1, 0.15) is 10.4 Å². The van der Waals surface area contributed by atoms with Crippen molar-refractivity contribution in [3.8, 4) is 0 Å². The second-order valence-electron chi connectivity index (χ2n) is 4.66. The number of halogens is 3. The first-order valence-electron chi connectivity index (χ1n) is 6.16. The van der Waals surface area contributed by atoms with Crippen LogP contribution in [0.3, 0.4) is 0 Å². The summed E-state index contributed by atoms with van der Waals surface area (Å²) in [5.74, 6) is -2.94. The predicted molar refractivity (Wildman–Crippen MR) is 87.8 cm³/mol. The summed E-state index contributed by atoms with van der Waals surface area (Å²) in [6.45, 7) is 0. The molecular weight excluding hydrogens is 425 g/mol. The molecular formula is C13H11F2IN4O3. The number of nitrogens with zero attached hydrogens (tertiary/aromatic N) is 2. The van der Waals surface area contributed by atoms with Crippen LogP contribution in [0.2, 0.25) is 0 Å². The smallest absolute Gasteiger partial charge is 0.332 e. The molecule has 0 unspecified atom stereocenters. The second kappa shape index (κ2) is 6.10. The van der Waals surface area contributed by atoms with Crippen molar-refractivity contribution in [2.24, 2.45) is 19.8 Å². The van der Waals surface area contributed by atoms with Crippen molar-refractivity contribution < 1.29 is 13.6 Å². The van der Waals surface area contributed by atoms with Gasteiger partial charge in [-0.2, -0.15) is 0 Å². The minimum Gasteiger partial charge on any atom is -0.365 e. The van der Waals surface area contributed by atoms with E-state index in [1.54, 1.807) is 22.6 Å². The molecule has 10 heteroatoms. The maximum Gasteiger partial charge on any atom is 0.332 e. The Kier molecular flexibility index (Phi) is 4.54. The summed E-state index contributed by atoms with van der Waals surface area (Å²) >= 11 is 1.61. The lowest BCUT2D eigenvalue weighted by molar-refractivity contribution is 0.0998. The fourth-order valence-corrected chi connectivity index (χ4v) is 2.39. The molecule has 1 aromatic heterocycles. The molecule has 0 spiro atoms. The molecule has 7 nitrogen and oxygen atoms in total. The van der Waals surface area contributed by atoms with E-state index < -0.39 is 34.4 Å². The van der Waals surface area contributed by atoms with Crippen molar-refractivity contribution in [2.45, 2.75) is 0 Å². The monoisotopic (exact) mass is 436 g/mol. The first-order chi connectivity index (χ1) is 10.6. The lowest BCUT2D eigenvalue weighted by Crippen LogP contribution is -2.42. The Bertz CT molecular complexity index is 936. The van der Waals surface area contributed by atoms with Crippen LogP contribution >= 0.6 is 22.6 Å². The van der Waals surface area contributed by atoms with Crippen molar-refractivity contribution in [3.05, 3.63) is 53.7 Å². The van der Waals surface area contributed by atoms with Crippen molar-refractivity contribution in [1.82, 2.24) is 9.13 Å². The number of rotatable bonds is 3. The minimum atomic E-state index is -1.10. The third kappa shape index (κ3) is 2.98. The minimum absolute atomic E-state index is 0.0543. The van der Waals surface area contributed by atoms with Gasteiger partial charge in [-0.15, -0.1) is 0 Å². The van der Waals surface area contributed by atoms with Gasteiger partial charge < -0.3 is 11.1 Å². The number of aromatic nitrogens is 2. The van der Waals surface area contributed by atoms with E-state index in [1.165, 1.54) is 14.1 Å². The van der Waals surface area contributed by atoms with Crippen LogP contribution in [-0.4, -0.2) is 15.0 Å². The molecule has 1 aromatic carbocycles. The zero-order valence-corrected chi connectivity index (χ0v) is 14.1. The van der Waals surface area contributed by atoms with E-state index in [1.807, 2.05) is 0 Å². The molecule has 122 valence electrons. The van der Waals surface area contributed by atoms with E-state index in [0.29, 0.717) is 4.57 Å². The van der Waals surface area contributed by atoms with Gasteiger partial charge in [0.25, 0.3) is 11.5 Å². The quantitative estimate of drug-likeness (QED) is 0.550. The molecule has 2 rings (SSSR count). The zero-order chi connectivity index (χ0) is 17.5. The van der Waals surface area contributed by atoms with E-state index in [-0.39, 0.29) is 15.1 Å². The number of hydrogen-bond acceptors (Lipinski definition) is 4. The maximum atomic E-state index is 13.9. The highest BCUT2D eigenvalue weighted by Gasteiger charge is 2.21. The molecule has 0 radical (unpaired) electrons. The Hall–Kier alpha value is -2.24. The summed E-state index contributed by atoms with van der Waals surface area (Å²) in [4.78, 5) is 35.5. The molecule has 3 N–H and O–H groups in total. The van der Waals surface area contributed by atoms with Crippen LogP contribution in [-0.2, 0) is 14.1 Å². The molecule has 0 saturated carbocycles. The lowest BCUT2D eigenvalue weighted by atomic mass is 10.2. The Morgan fingerprint density at radius 2 is 1.78 bits per heavy atom. The van der Waals surface area contributed by atoms with Gasteiger partial charge in [-0.05, 0) is 28.7 Å². The zero-order valence-electron chi connectivity index (χ0n) is 12.0. The van der Waals surface area contributed by atoms with Gasteiger partial charge in [0, 0.05) is 20.2 Å². The third-order valence-electron chi connectivity index (χ3n) is 3.17. The van der Waals surface area contributed by atoms with Crippen molar-refractivity contribution in [3.63, 3.8) is 0 Å². The largest absolute Gasteiger partial charge is 0.365 e. The van der Waals surface area contributed by atoms with E-state index in [0.717, 1.165) is 16.7 Å². The van der Waals surface area contributed by atoms with Crippen LogP contribution in [0.25, 0.3) is 0 Å². The SMILES string of the molecule is Cn1c(Nc2cc(F)c(I)cc2F)c(C(N)=O)c(=O)n(C)c1=O. The number of carbonyl (C=O) groups excluding carboxylic acids is 1. The van der Waals surface area contributed by atoms with Crippen LogP contribution in [0.4, 0.5) is 20.3 Å². The van der Waals surface area contributed by atoms with Gasteiger partial charge in [0.1, 0.15) is 23.0 Å². The highest BCUT2D eigenvalue weighted by atomic mass is 127. The molecule has 0 atom stereocenters. The van der Waals surface area contributed by atoms with Gasteiger partial charge in [0.15, 0.2) is 0 Å². The lowest BCUT2D eigenvalue weighted by Gasteiger charge is -2.16. The molecule has 0 aliphatic heterocycles. The van der Waals surface area contributed by atoms with Crippen LogP contribution in [0.15, 0.2) is 21.7 Å². The topological polar surface area (TPSA) is 99.1 Å². The molecule has 2 aromatic rings. The number of hydrogen-bond donors (Lipinski definition) is 2. The molecule has 0 aliphatic rings. The van der Waals surface area contributed by atoms with E-state index >= 15 is 0 Å². The van der Waals surface area contributed by atoms with Gasteiger partial charge in [-0.25, -0.2) is 13.6 Å². The first-order valence-corrected chi connectivity index (χ1v) is 7.24. The number of nitrogens with two attached hydrogens (primary N) is 1. The summed E-state index contributed by atoms with van der Waals surface area (Å²) in [6.07, 6.45) is 0. The Labute approximate surface area is 141 Å². The third-order valence-corrected chi connectivity index (χ3v) is 4.00. The summed E-state index contributed by atoms with van der Waals surface area (Å²) in [5, 5.41) is 2.40. The average molecular weight is 436 g/mol. The molecule has 0 bridgehead atoms. The van der Waals surface area contributed by atoms with Gasteiger partial charge in [-0.1, -0.05) is 0 Å². The second-order valence-corrected chi connectivity index (χ2v) is 5.83. The van der Waals surface area contributed by atoms with Crippen LogP contribution in [0.5, 0.6) is 0 Å². The number of benzene rings is 1. The number of nitrogens with one attached hydrogen (secondary N) is 1. The summed E-state index contributed by atoms with van der Waals surface area (Å²) in [5.41, 5.74) is 2.61. The molecule has 1 amide bonds. The van der Waals surface area contributed by atoms with Crippen molar-refractivity contribution >= 4 is 40.0 Å². The molecule has 1 heterocycles. The fraction of sp³-hybridized carbons (Fsp3) is 0.154. The normalized spacial score (nSPS) is 10.7. The average Bonchev–Trinajstić information content (AvgIpc) is 2.47. The van der Waals surface area contributed by atoms with Crippen LogP contribution < -0.4 is 22.3 Å². The maximum absolute atomic E-state index is 13.9. The first kappa shape index (κ1) is 17.1. The number of primary amides is 1. The van der Waals surface area contributed by atoms with E-state index in [4.69, 9.17) is 5.73 Å². The summed E-state index contributed by atoms with van der Waals surface area (Å²) < 4.78 is 29.2. The van der Waals surface area contributed by atoms with E-state index in [2.05, 4.69) is 5.32 Å². The van der Waals surface area contributed by atoms with Crippen molar-refractivity contribution in [1.29, 1.82) is 0 Å². The standard InChI is InChI=1S/C13H11F2IN4O3/c1-19-11(9(10(17)21)12(22)20(2)13(19)23)18-8-4-5(14)7(16)3-6(8)15/h3-4,18H,1-2H3,(H2,17,21). The molecule has 0 fully saturated rings. The Balaban J connectivity index is 2.75. The molecule has 0 aliphatic carbocycles. The summed E-state index contributed by atoms with van der Waals surface area (Å²) in [6, 6.07) is 1.78. The van der Waals surface area contributed by atoms with Gasteiger partial charge >= 0.3 is 5.69 Å². The van der Waals surface area contributed by atoms with Gasteiger partial charge in [0.05, 0.1) is 9.26 Å². The Morgan fingerprint density at radius 3 is 2.35 bits per heavy atom. The van der Waals surface area contributed by atoms with Gasteiger partial charge in [0.2, 0.25) is 0 Å². The fourth-order valence-electron chi connectivity index (χ4n) is 1.96. The van der Waals surface area contributed by atoms with Crippen LogP contribution in [0, 0.1) is 15.2 Å². The number of carbonyl (C=O) groups is 1. The highest BCUT2D eigenvalue weighted by Crippen LogP contribution is 2.24. The highest BCUT2D eigenvalue weighted by molar-refractivity contribution is 14.1. The number of amides is 1. The summed E-state index contributed by atoms with van der Waals surface area (Å²) in [7, 11) is 2.43. The van der Waals surface area contributed by atoms with Crippen molar-refractivity contribution in [2.75, 3.05) is 5.32 Å². The predicted octanol–water partition coefficient (Wildman–Crippen LogP) is 0.809. The molecule has 23 heavy (non-hydrogen) atoms. The molecule has 0 saturated heterocycles. The van der Waals surface area contributed by atoms with E-state index in [9.17, 15) is 23.2 Å². The Morgan fingerprint density at radius 1 is 1.17 bits per heavy atom. The van der Waals surface area contributed by atoms with Gasteiger partial charge in [-0.3, -0.25) is 18.7 Å².